The number of anilines is 2. The molecular weight excluding hydrogens is 315 g/mol. The lowest BCUT2D eigenvalue weighted by molar-refractivity contribution is 0.102. The van der Waals surface area contributed by atoms with Crippen molar-refractivity contribution in [2.45, 2.75) is 0 Å². The van der Waals surface area contributed by atoms with E-state index in [4.69, 9.17) is 5.84 Å². The van der Waals surface area contributed by atoms with Crippen molar-refractivity contribution < 1.29 is 9.18 Å². The second-order valence-electron chi connectivity index (χ2n) is 3.65. The number of carbonyl (C=O) groups is 1. The molecule has 19 heavy (non-hydrogen) atoms. The van der Waals surface area contributed by atoms with E-state index in [-0.39, 0.29) is 0 Å². The molecule has 0 aliphatic carbocycles. The summed E-state index contributed by atoms with van der Waals surface area (Å²) in [6.45, 7) is 0. The number of nitrogens with one attached hydrogen (secondary N) is 2. The Morgan fingerprint density at radius 3 is 2.84 bits per heavy atom. The van der Waals surface area contributed by atoms with E-state index in [9.17, 15) is 9.18 Å². The number of nitrogens with zero attached hydrogens (tertiary/aromatic N) is 1. The van der Waals surface area contributed by atoms with Crippen LogP contribution in [-0.4, -0.2) is 10.9 Å². The molecule has 2 aromatic rings. The van der Waals surface area contributed by atoms with Gasteiger partial charge in [-0.05, 0) is 40.2 Å². The van der Waals surface area contributed by atoms with Crippen molar-refractivity contribution in [3.8, 4) is 0 Å². The highest BCUT2D eigenvalue weighted by Crippen LogP contribution is 2.20. The van der Waals surface area contributed by atoms with Crippen LogP contribution in [0.4, 0.5) is 15.8 Å². The number of rotatable bonds is 3. The van der Waals surface area contributed by atoms with E-state index in [1.165, 1.54) is 30.6 Å². The summed E-state index contributed by atoms with van der Waals surface area (Å²) in [5.41, 5.74) is 3.44. The van der Waals surface area contributed by atoms with Crippen molar-refractivity contribution in [1.29, 1.82) is 0 Å². The van der Waals surface area contributed by atoms with Crippen LogP contribution in [0, 0.1) is 5.82 Å². The second kappa shape index (κ2) is 5.77. The van der Waals surface area contributed by atoms with E-state index in [1.807, 2.05) is 0 Å². The molecule has 0 fully saturated rings. The van der Waals surface area contributed by atoms with Crippen LogP contribution >= 0.6 is 15.9 Å². The largest absolute Gasteiger partial charge is 0.322 e. The van der Waals surface area contributed by atoms with Gasteiger partial charge < -0.3 is 10.7 Å². The molecule has 7 heteroatoms. The Balaban J connectivity index is 2.23. The van der Waals surface area contributed by atoms with Crippen LogP contribution in [0.25, 0.3) is 0 Å². The van der Waals surface area contributed by atoms with E-state index in [1.54, 1.807) is 6.07 Å². The van der Waals surface area contributed by atoms with Gasteiger partial charge in [-0.2, -0.15) is 0 Å². The third-order valence-corrected chi connectivity index (χ3v) is 3.04. The Morgan fingerprint density at radius 2 is 2.16 bits per heavy atom. The first kappa shape index (κ1) is 13.4. The van der Waals surface area contributed by atoms with E-state index in [0.29, 0.717) is 21.4 Å². The number of aromatic nitrogens is 1. The average Bonchev–Trinajstić information content (AvgIpc) is 2.43. The summed E-state index contributed by atoms with van der Waals surface area (Å²) in [5.74, 6) is 4.43. The van der Waals surface area contributed by atoms with Gasteiger partial charge in [-0.15, -0.1) is 0 Å². The Hall–Kier alpha value is -1.99. The van der Waals surface area contributed by atoms with Crippen LogP contribution < -0.4 is 16.6 Å². The quantitative estimate of drug-likeness (QED) is 0.598. The van der Waals surface area contributed by atoms with Crippen molar-refractivity contribution in [1.82, 2.24) is 4.98 Å². The fourth-order valence-corrected chi connectivity index (χ4v) is 1.73. The number of hydrazine groups is 1. The molecule has 0 unspecified atom stereocenters. The van der Waals surface area contributed by atoms with E-state index >= 15 is 0 Å². The Labute approximate surface area is 117 Å². The number of hydrogen-bond donors (Lipinski definition) is 3. The minimum atomic E-state index is -0.454. The zero-order chi connectivity index (χ0) is 13.8. The lowest BCUT2D eigenvalue weighted by atomic mass is 10.2. The van der Waals surface area contributed by atoms with Crippen LogP contribution in [0.5, 0.6) is 0 Å². The molecule has 1 amide bonds. The summed E-state index contributed by atoms with van der Waals surface area (Å²) in [4.78, 5) is 15.9. The molecular formula is C12H10BrFN4O. The van der Waals surface area contributed by atoms with Crippen molar-refractivity contribution in [3.05, 3.63) is 52.5 Å². The number of hydrogen-bond acceptors (Lipinski definition) is 4. The summed E-state index contributed by atoms with van der Waals surface area (Å²) in [5, 5.41) is 2.58. The van der Waals surface area contributed by atoms with Gasteiger partial charge in [0.25, 0.3) is 5.91 Å². The van der Waals surface area contributed by atoms with Gasteiger partial charge in [0, 0.05) is 11.9 Å². The van der Waals surface area contributed by atoms with E-state index in [0.717, 1.165) is 0 Å². The number of benzene rings is 1. The van der Waals surface area contributed by atoms with Crippen molar-refractivity contribution in [2.24, 2.45) is 5.84 Å². The molecule has 0 aliphatic heterocycles. The molecule has 4 N–H and O–H groups in total. The van der Waals surface area contributed by atoms with Crippen LogP contribution in [-0.2, 0) is 0 Å². The average molecular weight is 325 g/mol. The normalized spacial score (nSPS) is 10.1. The maximum Gasteiger partial charge on any atom is 0.257 e. The monoisotopic (exact) mass is 324 g/mol. The summed E-state index contributed by atoms with van der Waals surface area (Å²) < 4.78 is 13.7. The third-order valence-electron chi connectivity index (χ3n) is 2.40. The molecule has 0 spiro atoms. The summed E-state index contributed by atoms with van der Waals surface area (Å²) in [7, 11) is 0. The summed E-state index contributed by atoms with van der Waals surface area (Å²) in [6.07, 6.45) is 2.90. The van der Waals surface area contributed by atoms with Crippen molar-refractivity contribution in [2.75, 3.05) is 10.7 Å². The molecule has 0 aliphatic rings. The molecule has 1 aromatic carbocycles. The van der Waals surface area contributed by atoms with Crippen LogP contribution in [0.3, 0.4) is 0 Å². The van der Waals surface area contributed by atoms with Gasteiger partial charge >= 0.3 is 0 Å². The van der Waals surface area contributed by atoms with Crippen LogP contribution in [0.1, 0.15) is 10.4 Å². The van der Waals surface area contributed by atoms with Gasteiger partial charge in [0.15, 0.2) is 0 Å². The molecule has 0 saturated heterocycles. The minimum absolute atomic E-state index is 0.320. The molecule has 5 nitrogen and oxygen atoms in total. The highest BCUT2D eigenvalue weighted by molar-refractivity contribution is 9.10. The summed E-state index contributed by atoms with van der Waals surface area (Å²) in [6, 6.07) is 5.83. The predicted molar refractivity (Wildman–Crippen MR) is 74.1 cm³/mol. The van der Waals surface area contributed by atoms with Crippen molar-refractivity contribution >= 4 is 33.2 Å². The minimum Gasteiger partial charge on any atom is -0.322 e. The molecule has 1 heterocycles. The summed E-state index contributed by atoms with van der Waals surface area (Å²) >= 11 is 3.04. The topological polar surface area (TPSA) is 80.0 Å². The van der Waals surface area contributed by atoms with Gasteiger partial charge in [0.2, 0.25) is 0 Å². The highest BCUT2D eigenvalue weighted by atomic mass is 79.9. The third kappa shape index (κ3) is 3.07. The zero-order valence-corrected chi connectivity index (χ0v) is 11.2. The van der Waals surface area contributed by atoms with Gasteiger partial charge in [0.1, 0.15) is 5.82 Å². The molecule has 0 atom stereocenters. The maximum absolute atomic E-state index is 13.3. The first-order valence-corrected chi connectivity index (χ1v) is 6.08. The molecule has 1 aromatic heterocycles. The van der Waals surface area contributed by atoms with Crippen molar-refractivity contribution in [3.63, 3.8) is 0 Å². The number of amides is 1. The lowest BCUT2D eigenvalue weighted by Crippen LogP contribution is -2.17. The van der Waals surface area contributed by atoms with Gasteiger partial charge in [-0.3, -0.25) is 15.6 Å². The molecule has 0 saturated carbocycles. The SMILES string of the molecule is NNc1cnccc1C(=O)Nc1ccc(Br)c(F)c1. The number of nitrogen functional groups attached to an aromatic ring is 1. The molecule has 98 valence electrons. The first-order chi connectivity index (χ1) is 9.11. The number of nitrogens with two attached hydrogens (primary N) is 1. The molecule has 2 rings (SSSR count). The zero-order valence-electron chi connectivity index (χ0n) is 9.65. The number of carbonyl (C=O) groups excluding carboxylic acids is 1. The highest BCUT2D eigenvalue weighted by Gasteiger charge is 2.11. The van der Waals surface area contributed by atoms with Crippen LogP contribution in [0.15, 0.2) is 41.1 Å². The fraction of sp³-hybridized carbons (Fsp3) is 0. The molecule has 0 bridgehead atoms. The van der Waals surface area contributed by atoms with E-state index in [2.05, 4.69) is 31.7 Å². The second-order valence-corrected chi connectivity index (χ2v) is 4.50. The number of halogens is 2. The van der Waals surface area contributed by atoms with Gasteiger partial charge in [-0.25, -0.2) is 4.39 Å². The standard InChI is InChI=1S/C12H10BrFN4O/c13-9-2-1-7(5-10(9)14)17-12(19)8-3-4-16-6-11(8)18-15/h1-6,18H,15H2,(H,17,19). The Morgan fingerprint density at radius 1 is 1.37 bits per heavy atom. The predicted octanol–water partition coefficient (Wildman–Crippen LogP) is 2.52. The maximum atomic E-state index is 13.3. The van der Waals surface area contributed by atoms with Gasteiger partial charge in [-0.1, -0.05) is 0 Å². The van der Waals surface area contributed by atoms with Gasteiger partial charge in [0.05, 0.1) is 21.9 Å². The smallest absolute Gasteiger partial charge is 0.257 e. The van der Waals surface area contributed by atoms with Crippen LogP contribution in [0.2, 0.25) is 0 Å². The first-order valence-electron chi connectivity index (χ1n) is 5.29. The Kier molecular flexibility index (Phi) is 4.08. The van der Waals surface area contributed by atoms with E-state index < -0.39 is 11.7 Å². The number of pyridine rings is 1. The lowest BCUT2D eigenvalue weighted by Gasteiger charge is -2.09. The fourth-order valence-electron chi connectivity index (χ4n) is 1.48. The molecule has 0 radical (unpaired) electrons. The Bertz CT molecular complexity index is 620.